The summed E-state index contributed by atoms with van der Waals surface area (Å²) in [5.74, 6) is -1.95. The highest BCUT2D eigenvalue weighted by atomic mass is 19.3. The van der Waals surface area contributed by atoms with Gasteiger partial charge in [0, 0.05) is 22.6 Å². The summed E-state index contributed by atoms with van der Waals surface area (Å²) < 4.78 is 43.2. The Morgan fingerprint density at radius 2 is 1.71 bits per heavy atom. The standard InChI is InChI=1S/C22H21F2NO6/c1-4-7-11-18-12(13(20(23)24)9-15(25-18)21(27)29-5-2)8-14-16(26)10-17(31-19(11)14)22(28)30-6-3/h8-10,20H,4-7H2,1-3H3. The summed E-state index contributed by atoms with van der Waals surface area (Å²) in [6.45, 7) is 5.19. The van der Waals surface area contributed by atoms with Crippen molar-refractivity contribution in [3.63, 3.8) is 0 Å². The van der Waals surface area contributed by atoms with Crippen LogP contribution in [0.4, 0.5) is 8.78 Å². The van der Waals surface area contributed by atoms with Gasteiger partial charge >= 0.3 is 11.9 Å². The quantitative estimate of drug-likeness (QED) is 0.397. The Bertz CT molecular complexity index is 1220. The Morgan fingerprint density at radius 1 is 1.03 bits per heavy atom. The average Bonchev–Trinajstić information content (AvgIpc) is 2.73. The Hall–Kier alpha value is -3.36. The minimum absolute atomic E-state index is 0.0372. The van der Waals surface area contributed by atoms with E-state index in [1.54, 1.807) is 13.8 Å². The van der Waals surface area contributed by atoms with Crippen LogP contribution in [0.25, 0.3) is 21.9 Å². The third kappa shape index (κ3) is 4.26. The number of halogens is 2. The maximum absolute atomic E-state index is 13.9. The van der Waals surface area contributed by atoms with Crippen LogP contribution in [0.2, 0.25) is 0 Å². The topological polar surface area (TPSA) is 95.7 Å². The van der Waals surface area contributed by atoms with E-state index in [1.807, 2.05) is 6.92 Å². The SMILES string of the molecule is CCCc1c2nc(C(=O)OCC)cc(C(F)F)c2cc2c(=O)cc(C(=O)OCC)oc12. The van der Waals surface area contributed by atoms with E-state index in [-0.39, 0.29) is 46.5 Å². The molecule has 0 aliphatic rings. The van der Waals surface area contributed by atoms with Gasteiger partial charge in [0.15, 0.2) is 5.43 Å². The second kappa shape index (κ2) is 9.20. The molecule has 0 atom stereocenters. The molecule has 3 aromatic rings. The van der Waals surface area contributed by atoms with Crippen LogP contribution in [-0.2, 0) is 15.9 Å². The molecule has 0 fully saturated rings. The molecule has 0 saturated heterocycles. The number of nitrogens with zero attached hydrogens (tertiary/aromatic N) is 1. The Morgan fingerprint density at radius 3 is 2.32 bits per heavy atom. The van der Waals surface area contributed by atoms with E-state index in [9.17, 15) is 23.2 Å². The fourth-order valence-electron chi connectivity index (χ4n) is 3.35. The number of alkyl halides is 2. The highest BCUT2D eigenvalue weighted by Crippen LogP contribution is 2.34. The summed E-state index contributed by atoms with van der Waals surface area (Å²) in [5, 5.41) is 0.0757. The third-order valence-corrected chi connectivity index (χ3v) is 4.62. The molecule has 0 saturated carbocycles. The molecule has 164 valence electrons. The van der Waals surface area contributed by atoms with Gasteiger partial charge in [0.2, 0.25) is 5.76 Å². The van der Waals surface area contributed by atoms with Crippen molar-refractivity contribution in [1.82, 2.24) is 4.98 Å². The van der Waals surface area contributed by atoms with E-state index in [1.165, 1.54) is 6.07 Å². The van der Waals surface area contributed by atoms with Gasteiger partial charge in [-0.1, -0.05) is 13.3 Å². The van der Waals surface area contributed by atoms with E-state index in [2.05, 4.69) is 4.98 Å². The molecule has 0 spiro atoms. The first kappa shape index (κ1) is 22.3. The average molecular weight is 433 g/mol. The molecule has 0 unspecified atom stereocenters. The molecule has 7 nitrogen and oxygen atoms in total. The molecular formula is C22H21F2NO6. The van der Waals surface area contributed by atoms with E-state index >= 15 is 0 Å². The zero-order valence-corrected chi connectivity index (χ0v) is 17.3. The number of hydrogen-bond donors (Lipinski definition) is 0. The lowest BCUT2D eigenvalue weighted by Gasteiger charge is -2.14. The number of aryl methyl sites for hydroxylation is 1. The third-order valence-electron chi connectivity index (χ3n) is 4.62. The van der Waals surface area contributed by atoms with E-state index < -0.39 is 29.4 Å². The van der Waals surface area contributed by atoms with Gasteiger partial charge in [-0.3, -0.25) is 4.79 Å². The molecule has 0 amide bonds. The summed E-state index contributed by atoms with van der Waals surface area (Å²) in [5.41, 5.74) is -0.783. The second-order valence-electron chi connectivity index (χ2n) is 6.69. The predicted octanol–water partition coefficient (Wildman–Crippen LogP) is 4.58. The molecule has 1 aromatic carbocycles. The van der Waals surface area contributed by atoms with Crippen molar-refractivity contribution in [3.8, 4) is 0 Å². The van der Waals surface area contributed by atoms with Crippen LogP contribution in [0, 0.1) is 0 Å². The maximum Gasteiger partial charge on any atom is 0.374 e. The van der Waals surface area contributed by atoms with Gasteiger partial charge in [0.05, 0.1) is 24.1 Å². The predicted molar refractivity (Wildman–Crippen MR) is 109 cm³/mol. The van der Waals surface area contributed by atoms with Gasteiger partial charge in [-0.15, -0.1) is 0 Å². The first-order valence-electron chi connectivity index (χ1n) is 9.89. The van der Waals surface area contributed by atoms with Crippen molar-refractivity contribution in [1.29, 1.82) is 0 Å². The van der Waals surface area contributed by atoms with Gasteiger partial charge in [0.25, 0.3) is 6.43 Å². The maximum atomic E-state index is 13.9. The lowest BCUT2D eigenvalue weighted by atomic mass is 9.98. The number of carbonyl (C=O) groups excluding carboxylic acids is 2. The monoisotopic (exact) mass is 433 g/mol. The summed E-state index contributed by atoms with van der Waals surface area (Å²) in [6, 6.07) is 3.21. The number of fused-ring (bicyclic) bond motifs is 2. The number of benzene rings is 1. The van der Waals surface area contributed by atoms with Crippen molar-refractivity contribution < 1.29 is 32.3 Å². The molecule has 31 heavy (non-hydrogen) atoms. The Labute approximate surface area is 176 Å². The zero-order valence-electron chi connectivity index (χ0n) is 17.3. The minimum atomic E-state index is -2.92. The van der Waals surface area contributed by atoms with Gasteiger partial charge in [-0.05, 0) is 32.4 Å². The number of ether oxygens (including phenoxy) is 2. The normalized spacial score (nSPS) is 11.3. The lowest BCUT2D eigenvalue weighted by Crippen LogP contribution is -2.12. The fourth-order valence-corrected chi connectivity index (χ4v) is 3.35. The highest BCUT2D eigenvalue weighted by molar-refractivity contribution is 6.02. The summed E-state index contributed by atoms with van der Waals surface area (Å²) in [4.78, 5) is 41.3. The van der Waals surface area contributed by atoms with Gasteiger partial charge in [-0.2, -0.15) is 0 Å². The summed E-state index contributed by atoms with van der Waals surface area (Å²) in [6.07, 6.45) is -2.04. The van der Waals surface area contributed by atoms with Crippen molar-refractivity contribution in [2.45, 2.75) is 40.0 Å². The highest BCUT2D eigenvalue weighted by Gasteiger charge is 2.24. The lowest BCUT2D eigenvalue weighted by molar-refractivity contribution is 0.0488. The Kier molecular flexibility index (Phi) is 6.62. The number of esters is 2. The smallest absolute Gasteiger partial charge is 0.374 e. The number of carbonyl (C=O) groups is 2. The molecule has 0 N–H and O–H groups in total. The van der Waals surface area contributed by atoms with Crippen molar-refractivity contribution in [2.75, 3.05) is 13.2 Å². The van der Waals surface area contributed by atoms with Crippen molar-refractivity contribution in [3.05, 3.63) is 51.0 Å². The molecule has 3 rings (SSSR count). The summed E-state index contributed by atoms with van der Waals surface area (Å²) >= 11 is 0. The van der Waals surface area contributed by atoms with Gasteiger partial charge in [0.1, 0.15) is 11.3 Å². The summed E-state index contributed by atoms with van der Waals surface area (Å²) in [7, 11) is 0. The van der Waals surface area contributed by atoms with Crippen molar-refractivity contribution >= 4 is 33.8 Å². The van der Waals surface area contributed by atoms with E-state index in [4.69, 9.17) is 13.9 Å². The number of rotatable bonds is 7. The van der Waals surface area contributed by atoms with Crippen LogP contribution in [0.15, 0.2) is 27.4 Å². The van der Waals surface area contributed by atoms with Crippen molar-refractivity contribution in [2.24, 2.45) is 0 Å². The molecule has 0 aliphatic heterocycles. The van der Waals surface area contributed by atoms with Crippen LogP contribution >= 0.6 is 0 Å². The molecule has 0 radical (unpaired) electrons. The van der Waals surface area contributed by atoms with Gasteiger partial charge < -0.3 is 13.9 Å². The van der Waals surface area contributed by atoms with Crippen LogP contribution in [-0.4, -0.2) is 30.1 Å². The number of hydrogen-bond acceptors (Lipinski definition) is 7. The van der Waals surface area contributed by atoms with Gasteiger partial charge in [-0.25, -0.2) is 23.4 Å². The minimum Gasteiger partial charge on any atom is -0.461 e. The fraction of sp³-hybridized carbons (Fsp3) is 0.364. The van der Waals surface area contributed by atoms with E-state index in [0.717, 1.165) is 12.1 Å². The van der Waals surface area contributed by atoms with E-state index in [0.29, 0.717) is 18.4 Å². The molecule has 9 heteroatoms. The molecular weight excluding hydrogens is 412 g/mol. The number of aromatic nitrogens is 1. The molecule has 2 aromatic heterocycles. The molecule has 0 aliphatic carbocycles. The zero-order chi connectivity index (χ0) is 22.7. The Balaban J connectivity index is 2.44. The van der Waals surface area contributed by atoms with Crippen LogP contribution in [0.5, 0.6) is 0 Å². The molecule has 2 heterocycles. The molecule has 0 bridgehead atoms. The number of pyridine rings is 1. The first-order chi connectivity index (χ1) is 14.8. The van der Waals surface area contributed by atoms with Crippen LogP contribution in [0.3, 0.4) is 0 Å². The first-order valence-corrected chi connectivity index (χ1v) is 9.89. The largest absolute Gasteiger partial charge is 0.461 e. The van der Waals surface area contributed by atoms with Crippen LogP contribution in [0.1, 0.15) is 65.8 Å². The van der Waals surface area contributed by atoms with Crippen LogP contribution < -0.4 is 5.43 Å². The second-order valence-corrected chi connectivity index (χ2v) is 6.69.